The van der Waals surface area contributed by atoms with Crippen LogP contribution in [0, 0.1) is 0 Å². The predicted octanol–water partition coefficient (Wildman–Crippen LogP) is 7.47. The van der Waals surface area contributed by atoms with E-state index in [-0.39, 0.29) is 23.2 Å². The molecule has 4 rings (SSSR count). The summed E-state index contributed by atoms with van der Waals surface area (Å²) < 4.78 is 0. The number of hydrogen-bond donors (Lipinski definition) is 2. The minimum absolute atomic E-state index is 0.0133. The van der Waals surface area contributed by atoms with Crippen molar-refractivity contribution in [3.05, 3.63) is 74.4 Å². The van der Waals surface area contributed by atoms with E-state index >= 15 is 0 Å². The number of nitrogens with zero attached hydrogens (tertiary/aromatic N) is 2. The Kier molecular flexibility index (Phi) is 8.61. The molecule has 0 saturated carbocycles. The summed E-state index contributed by atoms with van der Waals surface area (Å²) in [6, 6.07) is 11.1. The quantitative estimate of drug-likeness (QED) is 0.298. The number of carboxylic acid groups (broad SMARTS) is 1. The Morgan fingerprint density at radius 1 is 1.00 bits per heavy atom. The van der Waals surface area contributed by atoms with Crippen molar-refractivity contribution in [3.63, 3.8) is 0 Å². The zero-order valence-corrected chi connectivity index (χ0v) is 24.7. The van der Waals surface area contributed by atoms with E-state index in [1.807, 2.05) is 0 Å². The highest BCUT2D eigenvalue weighted by atomic mass is 32.1. The van der Waals surface area contributed by atoms with Gasteiger partial charge in [-0.25, -0.2) is 9.97 Å². The zero-order chi connectivity index (χ0) is 27.5. The highest BCUT2D eigenvalue weighted by molar-refractivity contribution is 7.09. The molecule has 0 saturated heterocycles. The molecule has 3 aromatic rings. The van der Waals surface area contributed by atoms with Gasteiger partial charge in [-0.3, -0.25) is 4.79 Å². The first-order valence-corrected chi connectivity index (χ1v) is 14.8. The summed E-state index contributed by atoms with van der Waals surface area (Å²) in [4.78, 5) is 21.6. The highest BCUT2D eigenvalue weighted by Crippen LogP contribution is 2.35. The van der Waals surface area contributed by atoms with Gasteiger partial charge in [-0.05, 0) is 83.6 Å². The van der Waals surface area contributed by atoms with Gasteiger partial charge in [0.1, 0.15) is 5.82 Å². The van der Waals surface area contributed by atoms with Crippen molar-refractivity contribution in [2.45, 2.75) is 103 Å². The molecule has 5 nitrogen and oxygen atoms in total. The molecule has 1 aromatic carbocycles. The molecule has 0 aliphatic carbocycles. The molecule has 1 atom stereocenters. The summed E-state index contributed by atoms with van der Waals surface area (Å²) in [5.74, 6) is 0.175. The van der Waals surface area contributed by atoms with Gasteiger partial charge < -0.3 is 10.4 Å². The maximum Gasteiger partial charge on any atom is 0.303 e. The van der Waals surface area contributed by atoms with Crippen LogP contribution in [0.2, 0.25) is 0 Å². The molecule has 38 heavy (non-hydrogen) atoms. The number of anilines is 1. The average Bonchev–Trinajstić information content (AvgIpc) is 3.29. The molecule has 0 bridgehead atoms. The van der Waals surface area contributed by atoms with Gasteiger partial charge in [-0.2, -0.15) is 0 Å². The van der Waals surface area contributed by atoms with Gasteiger partial charge in [0, 0.05) is 17.6 Å². The second-order valence-electron chi connectivity index (χ2n) is 12.8. The van der Waals surface area contributed by atoms with Crippen LogP contribution in [-0.2, 0) is 41.3 Å². The van der Waals surface area contributed by atoms with E-state index in [0.29, 0.717) is 6.42 Å². The summed E-state index contributed by atoms with van der Waals surface area (Å²) in [6.07, 6.45) is 5.86. The van der Waals surface area contributed by atoms with Crippen molar-refractivity contribution in [1.29, 1.82) is 0 Å². The van der Waals surface area contributed by atoms with Gasteiger partial charge in [-0.15, -0.1) is 11.3 Å². The van der Waals surface area contributed by atoms with Crippen LogP contribution in [0.3, 0.4) is 0 Å². The molecule has 0 fully saturated rings. The van der Waals surface area contributed by atoms with Gasteiger partial charge >= 0.3 is 5.97 Å². The van der Waals surface area contributed by atoms with Crippen molar-refractivity contribution in [2.75, 3.05) is 11.9 Å². The Labute approximate surface area is 232 Å². The predicted molar refractivity (Wildman–Crippen MR) is 158 cm³/mol. The van der Waals surface area contributed by atoms with Crippen LogP contribution in [-0.4, -0.2) is 27.6 Å². The topological polar surface area (TPSA) is 75.1 Å². The first-order valence-electron chi connectivity index (χ1n) is 13.9. The first-order chi connectivity index (χ1) is 17.9. The third-order valence-electron chi connectivity index (χ3n) is 7.41. The van der Waals surface area contributed by atoms with Crippen LogP contribution < -0.4 is 5.32 Å². The van der Waals surface area contributed by atoms with Gasteiger partial charge in [0.25, 0.3) is 0 Å². The summed E-state index contributed by atoms with van der Waals surface area (Å²) >= 11 is 1.69. The average molecular weight is 534 g/mol. The number of thiazole rings is 1. The molecular weight excluding hydrogens is 490 g/mol. The Hall–Kier alpha value is -2.73. The van der Waals surface area contributed by atoms with E-state index in [1.54, 1.807) is 11.3 Å². The number of hydrogen-bond acceptors (Lipinski definition) is 5. The molecule has 2 aromatic heterocycles. The van der Waals surface area contributed by atoms with E-state index in [1.165, 1.54) is 23.1 Å². The Bertz CT molecular complexity index is 1230. The van der Waals surface area contributed by atoms with Crippen LogP contribution in [0.1, 0.15) is 105 Å². The number of carbonyl (C=O) groups is 1. The lowest BCUT2D eigenvalue weighted by Gasteiger charge is -2.28. The molecule has 0 spiro atoms. The standard InChI is InChI=1S/C32H43N3O2S/c1-31(2,3)24-15-22(16-25(19-24)32(4,5)6)23(18-29(36)37)17-27-20-38-28(34-27)11-7-10-26-13-12-21-9-8-14-33-30(21)35-26/h12-13,15-16,19-20,23H,7-11,14,17-18H2,1-6H3,(H,33,35)(H,36,37). The Morgan fingerprint density at radius 2 is 1.71 bits per heavy atom. The van der Waals surface area contributed by atoms with Crippen LogP contribution in [0.15, 0.2) is 35.7 Å². The van der Waals surface area contributed by atoms with Crippen LogP contribution in [0.25, 0.3) is 0 Å². The number of aliphatic carboxylic acids is 1. The second-order valence-corrected chi connectivity index (χ2v) is 13.7. The fraction of sp³-hybridized carbons (Fsp3) is 0.531. The number of fused-ring (bicyclic) bond motifs is 1. The third kappa shape index (κ3) is 7.43. The van der Waals surface area contributed by atoms with Gasteiger partial charge in [0.15, 0.2) is 0 Å². The molecule has 1 aliphatic heterocycles. The minimum atomic E-state index is -0.768. The lowest BCUT2D eigenvalue weighted by Crippen LogP contribution is -2.19. The summed E-state index contributed by atoms with van der Waals surface area (Å²) in [5, 5.41) is 16.4. The lowest BCUT2D eigenvalue weighted by atomic mass is 9.77. The molecule has 6 heteroatoms. The lowest BCUT2D eigenvalue weighted by molar-refractivity contribution is -0.137. The largest absolute Gasteiger partial charge is 0.481 e. The van der Waals surface area contributed by atoms with E-state index in [2.05, 4.69) is 82.6 Å². The Balaban J connectivity index is 1.46. The number of aryl methyl sites for hydroxylation is 3. The van der Waals surface area contributed by atoms with E-state index in [9.17, 15) is 9.90 Å². The summed E-state index contributed by atoms with van der Waals surface area (Å²) in [7, 11) is 0. The molecule has 1 unspecified atom stereocenters. The molecule has 0 amide bonds. The maximum absolute atomic E-state index is 11.9. The van der Waals surface area contributed by atoms with Crippen LogP contribution in [0.4, 0.5) is 5.82 Å². The van der Waals surface area contributed by atoms with E-state index < -0.39 is 5.97 Å². The highest BCUT2D eigenvalue weighted by Gasteiger charge is 2.25. The van der Waals surface area contributed by atoms with Crippen LogP contribution in [0.5, 0.6) is 0 Å². The number of nitrogens with one attached hydrogen (secondary N) is 1. The van der Waals surface area contributed by atoms with Gasteiger partial charge in [0.05, 0.1) is 17.1 Å². The fourth-order valence-corrected chi connectivity index (χ4v) is 5.86. The zero-order valence-electron chi connectivity index (χ0n) is 23.9. The number of pyridine rings is 1. The van der Waals surface area contributed by atoms with Crippen molar-refractivity contribution < 1.29 is 9.90 Å². The molecule has 1 aliphatic rings. The molecule has 204 valence electrons. The Morgan fingerprint density at radius 3 is 2.37 bits per heavy atom. The van der Waals surface area contributed by atoms with Crippen molar-refractivity contribution >= 4 is 23.1 Å². The number of aromatic nitrogens is 2. The first kappa shape index (κ1) is 28.3. The molecule has 2 N–H and O–H groups in total. The SMILES string of the molecule is CC(C)(C)c1cc(C(CC(=O)O)Cc2csc(CCCc3ccc4c(n3)NCCC4)n2)cc(C(C)(C)C)c1. The van der Waals surface area contributed by atoms with Crippen LogP contribution >= 0.6 is 11.3 Å². The number of rotatable bonds is 9. The van der Waals surface area contributed by atoms with Crippen molar-refractivity contribution in [2.24, 2.45) is 0 Å². The maximum atomic E-state index is 11.9. The number of benzene rings is 1. The molecular formula is C32H43N3O2S. The fourth-order valence-electron chi connectivity index (χ4n) is 5.01. The van der Waals surface area contributed by atoms with Gasteiger partial charge in [0.2, 0.25) is 0 Å². The van der Waals surface area contributed by atoms with E-state index in [0.717, 1.165) is 60.0 Å². The number of carboxylic acids is 1. The van der Waals surface area contributed by atoms with Gasteiger partial charge in [-0.1, -0.05) is 65.8 Å². The van der Waals surface area contributed by atoms with Crippen molar-refractivity contribution in [3.8, 4) is 0 Å². The summed E-state index contributed by atoms with van der Waals surface area (Å²) in [5.41, 5.74) is 7.02. The molecule has 0 radical (unpaired) electrons. The van der Waals surface area contributed by atoms with Crippen molar-refractivity contribution in [1.82, 2.24) is 9.97 Å². The van der Waals surface area contributed by atoms with E-state index in [4.69, 9.17) is 9.97 Å². The monoisotopic (exact) mass is 533 g/mol. The second kappa shape index (κ2) is 11.6. The minimum Gasteiger partial charge on any atom is -0.481 e. The third-order valence-corrected chi connectivity index (χ3v) is 8.37. The summed E-state index contributed by atoms with van der Waals surface area (Å²) in [6.45, 7) is 14.3. The smallest absolute Gasteiger partial charge is 0.303 e. The molecule has 3 heterocycles. The normalized spacial score (nSPS) is 14.6.